The van der Waals surface area contributed by atoms with Gasteiger partial charge in [-0.2, -0.15) is 5.26 Å². The Morgan fingerprint density at radius 2 is 1.73 bits per heavy atom. The van der Waals surface area contributed by atoms with Crippen LogP contribution in [0.3, 0.4) is 0 Å². The van der Waals surface area contributed by atoms with Crippen LogP contribution in [-0.4, -0.2) is 34.0 Å². The molecule has 5 aromatic rings. The molecule has 1 aliphatic heterocycles. The number of rotatable bonds is 9. The van der Waals surface area contributed by atoms with Gasteiger partial charge in [-0.1, -0.05) is 11.6 Å². The van der Waals surface area contributed by atoms with Crippen LogP contribution in [0, 0.1) is 17.9 Å². The first kappa shape index (κ1) is 33.5. The van der Waals surface area contributed by atoms with E-state index in [-0.39, 0.29) is 40.9 Å². The third-order valence-electron chi connectivity index (χ3n) is 6.79. The predicted molar refractivity (Wildman–Crippen MR) is 178 cm³/mol. The minimum atomic E-state index is -0.272. The Bertz CT molecular complexity index is 2090. The van der Waals surface area contributed by atoms with Crippen LogP contribution in [0.2, 0.25) is 5.02 Å². The molecule has 0 fully saturated rings. The largest absolute Gasteiger partial charge is 0.488 e. The number of ether oxygens (including phenoxy) is 4. The van der Waals surface area contributed by atoms with Gasteiger partial charge in [0.15, 0.2) is 17.8 Å². The van der Waals surface area contributed by atoms with E-state index < -0.39 is 0 Å². The van der Waals surface area contributed by atoms with Crippen LogP contribution in [0.1, 0.15) is 32.6 Å². The van der Waals surface area contributed by atoms with Crippen molar-refractivity contribution >= 4 is 35.2 Å². The Morgan fingerprint density at radius 1 is 0.958 bits per heavy atom. The zero-order chi connectivity index (χ0) is 33.9. The molecule has 4 heterocycles. The molecule has 1 aliphatic rings. The SMILES string of the molecule is N#Cc1cncc(COc2cc(OCc3cccn(-c4ccc5c(c4)OCCO5)c3=O)c(Cl)cc2C=O)c1.[C-]#[N+]c1cncc(CCl)c1. The molecule has 11 nitrogen and oxygen atoms in total. The van der Waals surface area contributed by atoms with Crippen molar-refractivity contribution in [3.8, 4) is 34.8 Å². The molecule has 6 rings (SSSR count). The average molecular weight is 683 g/mol. The van der Waals surface area contributed by atoms with Crippen LogP contribution in [-0.2, 0) is 19.1 Å². The summed E-state index contributed by atoms with van der Waals surface area (Å²) in [6.07, 6.45) is 8.46. The fraction of sp³-hybridized carbons (Fsp3) is 0.143. The summed E-state index contributed by atoms with van der Waals surface area (Å²) in [5, 5.41) is 9.25. The Morgan fingerprint density at radius 3 is 2.50 bits per heavy atom. The van der Waals surface area contributed by atoms with Gasteiger partial charge < -0.3 is 18.9 Å². The number of carbonyl (C=O) groups excluding carboxylic acids is 1. The highest BCUT2D eigenvalue weighted by Crippen LogP contribution is 2.34. The van der Waals surface area contributed by atoms with E-state index in [1.165, 1.54) is 29.1 Å². The summed E-state index contributed by atoms with van der Waals surface area (Å²) in [7, 11) is 0. The summed E-state index contributed by atoms with van der Waals surface area (Å²) >= 11 is 11.9. The van der Waals surface area contributed by atoms with Gasteiger partial charge in [0.25, 0.3) is 5.56 Å². The molecule has 13 heteroatoms. The lowest BCUT2D eigenvalue weighted by molar-refractivity contribution is 0.111. The van der Waals surface area contributed by atoms with E-state index in [9.17, 15) is 9.59 Å². The molecule has 0 amide bonds. The monoisotopic (exact) mass is 681 g/mol. The van der Waals surface area contributed by atoms with Gasteiger partial charge in [-0.15, -0.1) is 11.6 Å². The van der Waals surface area contributed by atoms with Crippen LogP contribution in [0.4, 0.5) is 5.69 Å². The van der Waals surface area contributed by atoms with Crippen molar-refractivity contribution in [2.75, 3.05) is 13.2 Å². The first-order valence-corrected chi connectivity index (χ1v) is 15.2. The number of halogens is 2. The fourth-order valence-corrected chi connectivity index (χ4v) is 4.84. The lowest BCUT2D eigenvalue weighted by Crippen LogP contribution is -2.23. The van der Waals surface area contributed by atoms with Crippen molar-refractivity contribution in [1.82, 2.24) is 14.5 Å². The number of hydrogen-bond donors (Lipinski definition) is 0. The van der Waals surface area contributed by atoms with E-state index in [0.717, 1.165) is 5.56 Å². The Balaban J connectivity index is 0.000000387. The quantitative estimate of drug-likeness (QED) is 0.0929. The molecule has 0 saturated heterocycles. The summed E-state index contributed by atoms with van der Waals surface area (Å²) in [5.41, 5.74) is 3.45. The molecule has 3 aromatic heterocycles. The molecule has 0 N–H and O–H groups in total. The lowest BCUT2D eigenvalue weighted by atomic mass is 10.2. The lowest BCUT2D eigenvalue weighted by Gasteiger charge is -2.19. The van der Waals surface area contributed by atoms with Crippen molar-refractivity contribution in [1.29, 1.82) is 5.26 Å². The van der Waals surface area contributed by atoms with E-state index >= 15 is 0 Å². The molecular weight excluding hydrogens is 657 g/mol. The Labute approximate surface area is 285 Å². The maximum Gasteiger partial charge on any atom is 0.261 e. The second kappa shape index (κ2) is 16.1. The zero-order valence-electron chi connectivity index (χ0n) is 25.1. The molecule has 0 bridgehead atoms. The minimum absolute atomic E-state index is 0.0715. The summed E-state index contributed by atoms with van der Waals surface area (Å²) < 4.78 is 24.3. The number of nitriles is 1. The molecule has 2 aromatic carbocycles. The summed E-state index contributed by atoms with van der Waals surface area (Å²) in [6, 6.07) is 17.0. The van der Waals surface area contributed by atoms with Gasteiger partial charge in [-0.25, -0.2) is 4.85 Å². The number of benzene rings is 2. The standard InChI is InChI=1S/C28H20ClN3O6.C7H5ClN2/c29-23-9-21(15-33)25(37-16-19-8-18(12-30)13-31-14-19)11-26(23)38-17-20-2-1-5-32(28(20)34)22-3-4-24-27(10-22)36-7-6-35-24;1-9-7-2-6(3-8)4-10-5-7/h1-5,8-11,13-15H,6-7,16-17H2;2,4-5H,3H2. The van der Waals surface area contributed by atoms with Crippen LogP contribution in [0.5, 0.6) is 23.0 Å². The third kappa shape index (κ3) is 8.28. The number of alkyl halides is 1. The van der Waals surface area contributed by atoms with Crippen molar-refractivity contribution in [3.63, 3.8) is 0 Å². The van der Waals surface area contributed by atoms with E-state index in [0.29, 0.717) is 64.9 Å². The molecule has 0 spiro atoms. The fourth-order valence-electron chi connectivity index (χ4n) is 4.46. The van der Waals surface area contributed by atoms with E-state index in [2.05, 4.69) is 14.8 Å². The third-order valence-corrected chi connectivity index (χ3v) is 7.39. The second-order valence-corrected chi connectivity index (χ2v) is 10.7. The Kier molecular flexibility index (Phi) is 11.2. The zero-order valence-corrected chi connectivity index (χ0v) is 26.6. The normalized spacial score (nSPS) is 11.2. The number of fused-ring (bicyclic) bond motifs is 1. The topological polar surface area (TPSA) is 130 Å². The molecule has 0 aliphatic carbocycles. The number of aldehydes is 1. The second-order valence-electron chi connectivity index (χ2n) is 10.0. The highest BCUT2D eigenvalue weighted by atomic mass is 35.5. The number of carbonyl (C=O) groups is 1. The van der Waals surface area contributed by atoms with E-state index in [4.69, 9.17) is 54.0 Å². The maximum absolute atomic E-state index is 13.2. The van der Waals surface area contributed by atoms with Crippen molar-refractivity contribution in [2.45, 2.75) is 19.1 Å². The van der Waals surface area contributed by atoms with E-state index in [1.54, 1.807) is 61.1 Å². The Hall–Kier alpha value is -5.88. The number of hydrogen-bond acceptors (Lipinski definition) is 9. The molecule has 0 radical (unpaired) electrons. The molecular formula is C35H25Cl2N5O6. The van der Waals surface area contributed by atoms with Crippen LogP contribution < -0.4 is 24.5 Å². The highest BCUT2D eigenvalue weighted by molar-refractivity contribution is 6.32. The first-order chi connectivity index (χ1) is 23.4. The van der Waals surface area contributed by atoms with Gasteiger partial charge in [0.05, 0.1) is 34.0 Å². The predicted octanol–water partition coefficient (Wildman–Crippen LogP) is 6.87. The van der Waals surface area contributed by atoms with E-state index in [1.807, 2.05) is 6.07 Å². The first-order valence-electron chi connectivity index (χ1n) is 14.3. The summed E-state index contributed by atoms with van der Waals surface area (Å²) in [5.74, 6) is 2.10. The van der Waals surface area contributed by atoms with Gasteiger partial charge in [0.2, 0.25) is 5.69 Å². The molecule has 0 atom stereocenters. The van der Waals surface area contributed by atoms with Gasteiger partial charge in [0.1, 0.15) is 44.0 Å². The van der Waals surface area contributed by atoms with Gasteiger partial charge in [0, 0.05) is 54.6 Å². The van der Waals surface area contributed by atoms with Crippen LogP contribution in [0.25, 0.3) is 10.5 Å². The molecule has 240 valence electrons. The van der Waals surface area contributed by atoms with Crippen molar-refractivity contribution < 1.29 is 23.7 Å². The molecule has 0 unspecified atom stereocenters. The van der Waals surface area contributed by atoms with Gasteiger partial charge in [-0.3, -0.25) is 24.1 Å². The summed E-state index contributed by atoms with van der Waals surface area (Å²) in [4.78, 5) is 35.8. The molecule has 0 saturated carbocycles. The van der Waals surface area contributed by atoms with Gasteiger partial charge in [-0.05, 0) is 48.0 Å². The smallest absolute Gasteiger partial charge is 0.261 e. The van der Waals surface area contributed by atoms with Crippen LogP contribution >= 0.6 is 23.2 Å². The number of aromatic nitrogens is 3. The van der Waals surface area contributed by atoms with Crippen molar-refractivity contribution in [2.24, 2.45) is 0 Å². The van der Waals surface area contributed by atoms with Crippen LogP contribution in [0.15, 0.2) is 90.4 Å². The number of pyridine rings is 3. The van der Waals surface area contributed by atoms with Crippen molar-refractivity contribution in [3.05, 3.63) is 140 Å². The maximum atomic E-state index is 13.2. The molecule has 48 heavy (non-hydrogen) atoms. The summed E-state index contributed by atoms with van der Waals surface area (Å²) in [6.45, 7) is 7.58. The van der Waals surface area contributed by atoms with Gasteiger partial charge >= 0.3 is 0 Å². The number of nitrogens with zero attached hydrogens (tertiary/aromatic N) is 5. The minimum Gasteiger partial charge on any atom is -0.488 e. The average Bonchev–Trinajstić information content (AvgIpc) is 3.14. The highest BCUT2D eigenvalue weighted by Gasteiger charge is 2.15.